The van der Waals surface area contributed by atoms with Crippen molar-refractivity contribution in [1.82, 2.24) is 0 Å². The molecule has 0 atom stereocenters. The van der Waals surface area contributed by atoms with Crippen molar-refractivity contribution < 1.29 is 26.4 Å². The first-order valence-electron chi connectivity index (χ1n) is 6.65. The van der Waals surface area contributed by atoms with Crippen LogP contribution >= 0.6 is 0 Å². The molecule has 0 unspecified atom stereocenters. The summed E-state index contributed by atoms with van der Waals surface area (Å²) < 4.78 is 64.0. The van der Waals surface area contributed by atoms with E-state index in [4.69, 9.17) is 5.73 Å². The lowest BCUT2D eigenvalue weighted by Crippen LogP contribution is -2.15. The lowest BCUT2D eigenvalue weighted by atomic mass is 10.1. The third kappa shape index (κ3) is 4.48. The number of rotatable bonds is 5. The maximum atomic E-state index is 12.5. The van der Waals surface area contributed by atoms with Gasteiger partial charge in [-0.25, -0.2) is 8.42 Å². The fraction of sp³-hybridized carbons (Fsp3) is 0.133. The number of carbonyl (C=O) groups is 1. The van der Waals surface area contributed by atoms with Crippen LogP contribution in [0.25, 0.3) is 0 Å². The highest BCUT2D eigenvalue weighted by Gasteiger charge is 2.30. The Hall–Kier alpha value is -2.55. The lowest BCUT2D eigenvalue weighted by Gasteiger charge is -2.10. The summed E-state index contributed by atoms with van der Waals surface area (Å²) in [4.78, 5) is 10.5. The summed E-state index contributed by atoms with van der Waals surface area (Å²) in [5.74, 6) is -0.520. The van der Waals surface area contributed by atoms with Crippen molar-refractivity contribution in [3.8, 4) is 0 Å². The predicted molar refractivity (Wildman–Crippen MR) is 81.6 cm³/mol. The first-order chi connectivity index (χ1) is 11.1. The molecule has 0 heterocycles. The monoisotopic (exact) mass is 358 g/mol. The first kappa shape index (κ1) is 17.8. The third-order valence-electron chi connectivity index (χ3n) is 3.08. The molecule has 1 amide bonds. The molecular weight excluding hydrogens is 345 g/mol. The summed E-state index contributed by atoms with van der Waals surface area (Å²) in [5.41, 5.74) is 4.94. The Labute approximate surface area is 136 Å². The Bertz CT molecular complexity index is 830. The second-order valence-electron chi connectivity index (χ2n) is 4.97. The minimum atomic E-state index is -4.54. The molecule has 2 aromatic rings. The molecule has 0 aliphatic carbocycles. The molecule has 2 rings (SSSR count). The van der Waals surface area contributed by atoms with Crippen LogP contribution < -0.4 is 10.5 Å². The Balaban J connectivity index is 2.17. The minimum absolute atomic E-state index is 0.0198. The Kier molecular flexibility index (Phi) is 4.83. The van der Waals surface area contributed by atoms with Crippen LogP contribution in [0.5, 0.6) is 0 Å². The molecule has 0 aliphatic heterocycles. The van der Waals surface area contributed by atoms with Gasteiger partial charge in [-0.2, -0.15) is 13.2 Å². The van der Waals surface area contributed by atoms with Crippen molar-refractivity contribution >= 4 is 21.6 Å². The van der Waals surface area contributed by atoms with Gasteiger partial charge in [-0.1, -0.05) is 12.1 Å². The van der Waals surface area contributed by atoms with Crippen LogP contribution in [0.15, 0.2) is 53.4 Å². The van der Waals surface area contributed by atoms with Crippen LogP contribution in [-0.2, 0) is 27.4 Å². The molecule has 0 saturated heterocycles. The quantitative estimate of drug-likeness (QED) is 0.861. The zero-order chi connectivity index (χ0) is 18.0. The number of hydrogen-bond acceptors (Lipinski definition) is 3. The van der Waals surface area contributed by atoms with E-state index in [-0.39, 0.29) is 17.0 Å². The maximum absolute atomic E-state index is 12.5. The van der Waals surface area contributed by atoms with Gasteiger partial charge in [0.05, 0.1) is 16.9 Å². The van der Waals surface area contributed by atoms with Gasteiger partial charge in [0.1, 0.15) is 0 Å². The van der Waals surface area contributed by atoms with Crippen molar-refractivity contribution in [2.75, 3.05) is 4.72 Å². The van der Waals surface area contributed by atoms with Crippen LogP contribution in [0.4, 0.5) is 18.9 Å². The van der Waals surface area contributed by atoms with E-state index >= 15 is 0 Å². The fourth-order valence-electron chi connectivity index (χ4n) is 1.93. The topological polar surface area (TPSA) is 89.3 Å². The van der Waals surface area contributed by atoms with E-state index in [0.29, 0.717) is 17.7 Å². The number of anilines is 1. The second kappa shape index (κ2) is 6.52. The predicted octanol–water partition coefficient (Wildman–Crippen LogP) is 2.53. The van der Waals surface area contributed by atoms with Gasteiger partial charge >= 0.3 is 6.18 Å². The standard InChI is InChI=1S/C15H13F3N2O3S/c16-15(17,18)11-3-7-13(8-4-11)24(22,23)20-12-5-1-10(2-6-12)9-14(19)21/h1-8,20H,9H2,(H2,19,21). The Morgan fingerprint density at radius 3 is 2.00 bits per heavy atom. The normalized spacial score (nSPS) is 12.0. The molecule has 0 fully saturated rings. The summed E-state index contributed by atoms with van der Waals surface area (Å²) >= 11 is 0. The molecule has 128 valence electrons. The minimum Gasteiger partial charge on any atom is -0.369 e. The Morgan fingerprint density at radius 2 is 1.54 bits per heavy atom. The van der Waals surface area contributed by atoms with Gasteiger partial charge in [-0.05, 0) is 42.0 Å². The van der Waals surface area contributed by atoms with E-state index in [9.17, 15) is 26.4 Å². The van der Waals surface area contributed by atoms with Crippen molar-refractivity contribution in [3.63, 3.8) is 0 Å². The van der Waals surface area contributed by atoms with Gasteiger partial charge in [0.2, 0.25) is 5.91 Å². The molecule has 0 radical (unpaired) electrons. The van der Waals surface area contributed by atoms with Crippen LogP contribution in [0, 0.1) is 0 Å². The van der Waals surface area contributed by atoms with Crippen molar-refractivity contribution in [3.05, 3.63) is 59.7 Å². The van der Waals surface area contributed by atoms with Crippen LogP contribution in [0.2, 0.25) is 0 Å². The van der Waals surface area contributed by atoms with Gasteiger partial charge in [-0.15, -0.1) is 0 Å². The van der Waals surface area contributed by atoms with E-state index in [1.165, 1.54) is 24.3 Å². The molecule has 2 aromatic carbocycles. The zero-order valence-electron chi connectivity index (χ0n) is 12.2. The molecule has 0 bridgehead atoms. The van der Waals surface area contributed by atoms with Gasteiger partial charge in [0.15, 0.2) is 0 Å². The number of nitrogens with one attached hydrogen (secondary N) is 1. The van der Waals surface area contributed by atoms with E-state index in [2.05, 4.69) is 4.72 Å². The number of carbonyl (C=O) groups excluding carboxylic acids is 1. The van der Waals surface area contributed by atoms with Gasteiger partial charge in [0.25, 0.3) is 10.0 Å². The maximum Gasteiger partial charge on any atom is 0.416 e. The summed E-state index contributed by atoms with van der Waals surface area (Å²) in [6.07, 6.45) is -4.52. The SMILES string of the molecule is NC(=O)Cc1ccc(NS(=O)(=O)c2ccc(C(F)(F)F)cc2)cc1. The van der Waals surface area contributed by atoms with Crippen molar-refractivity contribution in [2.45, 2.75) is 17.5 Å². The fourth-order valence-corrected chi connectivity index (χ4v) is 2.99. The van der Waals surface area contributed by atoms with Crippen LogP contribution in [0.3, 0.4) is 0 Å². The number of nitrogens with two attached hydrogens (primary N) is 1. The third-order valence-corrected chi connectivity index (χ3v) is 4.47. The molecule has 9 heteroatoms. The summed E-state index contributed by atoms with van der Waals surface area (Å²) in [6.45, 7) is 0. The lowest BCUT2D eigenvalue weighted by molar-refractivity contribution is -0.137. The molecule has 0 saturated carbocycles. The number of primary amides is 1. The highest BCUT2D eigenvalue weighted by molar-refractivity contribution is 7.92. The highest BCUT2D eigenvalue weighted by atomic mass is 32.2. The smallest absolute Gasteiger partial charge is 0.369 e. The first-order valence-corrected chi connectivity index (χ1v) is 8.13. The van der Waals surface area contributed by atoms with Crippen LogP contribution in [0.1, 0.15) is 11.1 Å². The second-order valence-corrected chi connectivity index (χ2v) is 6.65. The average molecular weight is 358 g/mol. The van der Waals surface area contributed by atoms with E-state index in [0.717, 1.165) is 12.1 Å². The number of hydrogen-bond donors (Lipinski definition) is 2. The Morgan fingerprint density at radius 1 is 1.00 bits per heavy atom. The average Bonchev–Trinajstić information content (AvgIpc) is 2.48. The number of sulfonamides is 1. The molecule has 0 spiro atoms. The molecular formula is C15H13F3N2O3S. The number of alkyl halides is 3. The molecule has 3 N–H and O–H groups in total. The number of amides is 1. The van der Waals surface area contributed by atoms with Gasteiger partial charge in [-0.3, -0.25) is 9.52 Å². The highest BCUT2D eigenvalue weighted by Crippen LogP contribution is 2.30. The zero-order valence-corrected chi connectivity index (χ0v) is 13.0. The van der Waals surface area contributed by atoms with E-state index < -0.39 is 27.7 Å². The molecule has 24 heavy (non-hydrogen) atoms. The molecule has 0 aromatic heterocycles. The van der Waals surface area contributed by atoms with Gasteiger partial charge in [0, 0.05) is 5.69 Å². The van der Waals surface area contributed by atoms with E-state index in [1.54, 1.807) is 0 Å². The van der Waals surface area contributed by atoms with E-state index in [1.807, 2.05) is 0 Å². The van der Waals surface area contributed by atoms with Gasteiger partial charge < -0.3 is 5.73 Å². The molecule has 0 aliphatic rings. The molecule has 5 nitrogen and oxygen atoms in total. The van der Waals surface area contributed by atoms with Crippen molar-refractivity contribution in [2.24, 2.45) is 5.73 Å². The number of benzene rings is 2. The van der Waals surface area contributed by atoms with Crippen molar-refractivity contribution in [1.29, 1.82) is 0 Å². The number of halogens is 3. The summed E-state index contributed by atoms with van der Waals surface area (Å²) in [5, 5.41) is 0. The largest absolute Gasteiger partial charge is 0.416 e. The summed E-state index contributed by atoms with van der Waals surface area (Å²) in [7, 11) is -4.02. The summed E-state index contributed by atoms with van der Waals surface area (Å²) in [6, 6.07) is 9.07. The van der Waals surface area contributed by atoms with Crippen LogP contribution in [-0.4, -0.2) is 14.3 Å².